The number of nitrogens with zero attached hydrogens (tertiary/aromatic N) is 4. The van der Waals surface area contributed by atoms with Crippen LogP contribution in [0.1, 0.15) is 77.6 Å². The normalized spacial score (nSPS) is 27.2. The molecule has 8 aliphatic rings. The summed E-state index contributed by atoms with van der Waals surface area (Å²) in [4.78, 5) is 62.4. The first kappa shape index (κ1) is 38.7. The Morgan fingerprint density at radius 2 is 1.21 bits per heavy atom. The molecule has 2 aliphatic carbocycles. The predicted molar refractivity (Wildman–Crippen MR) is 252 cm³/mol. The van der Waals surface area contributed by atoms with Crippen molar-refractivity contribution >= 4 is 56.7 Å². The van der Waals surface area contributed by atoms with Gasteiger partial charge in [0.1, 0.15) is 5.41 Å². The number of rotatable bonds is 5. The molecule has 4 fully saturated rings. The molecule has 6 aliphatic heterocycles. The molecule has 6 aromatic carbocycles. The van der Waals surface area contributed by atoms with Crippen LogP contribution in [0.5, 0.6) is 0 Å². The Balaban J connectivity index is 0.717. The Morgan fingerprint density at radius 3 is 1.92 bits per heavy atom. The van der Waals surface area contributed by atoms with Crippen LogP contribution in [0.4, 0.5) is 16.2 Å². The lowest BCUT2D eigenvalue weighted by Gasteiger charge is -2.40. The summed E-state index contributed by atoms with van der Waals surface area (Å²) in [5, 5.41) is 11.1. The van der Waals surface area contributed by atoms with E-state index in [1.54, 1.807) is 0 Å². The summed E-state index contributed by atoms with van der Waals surface area (Å²) < 4.78 is 5.74. The van der Waals surface area contributed by atoms with Gasteiger partial charge < -0.3 is 25.2 Å². The van der Waals surface area contributed by atoms with Gasteiger partial charge in [0.05, 0.1) is 12.2 Å². The van der Waals surface area contributed by atoms with Gasteiger partial charge in [0.2, 0.25) is 17.4 Å². The van der Waals surface area contributed by atoms with Crippen molar-refractivity contribution in [2.75, 3.05) is 49.1 Å². The number of amides is 4. The molecule has 2 N–H and O–H groups in total. The molecule has 0 aromatic heterocycles. The van der Waals surface area contributed by atoms with Gasteiger partial charge in [0, 0.05) is 74.6 Å². The molecule has 14 rings (SSSR count). The second-order valence-electron chi connectivity index (χ2n) is 20.0. The second kappa shape index (κ2) is 14.0. The lowest BCUT2D eigenvalue weighted by atomic mass is 9.81. The smallest absolute Gasteiger partial charge is 0.408 e. The maximum Gasteiger partial charge on any atom is 0.408 e. The van der Waals surface area contributed by atoms with Crippen LogP contribution in [0.3, 0.4) is 0 Å². The molecule has 0 saturated carbocycles. The average molecular weight is 875 g/mol. The number of piperidine rings is 2. The van der Waals surface area contributed by atoms with Crippen LogP contribution in [0.15, 0.2) is 109 Å². The zero-order valence-corrected chi connectivity index (χ0v) is 36.7. The number of hydrogen-bond donors (Lipinski definition) is 2. The molecule has 11 nitrogen and oxygen atoms in total. The monoisotopic (exact) mass is 874 g/mol. The fourth-order valence-electron chi connectivity index (χ4n) is 14.0. The van der Waals surface area contributed by atoms with Gasteiger partial charge in [0.25, 0.3) is 5.91 Å². The van der Waals surface area contributed by atoms with Crippen molar-refractivity contribution in [1.82, 2.24) is 20.4 Å². The van der Waals surface area contributed by atoms with E-state index in [-0.39, 0.29) is 54.9 Å². The van der Waals surface area contributed by atoms with E-state index in [4.69, 9.17) is 4.74 Å². The average Bonchev–Trinajstić information content (AvgIpc) is 4.21. The summed E-state index contributed by atoms with van der Waals surface area (Å²) in [6.45, 7) is 4.10. The van der Waals surface area contributed by atoms with Crippen molar-refractivity contribution in [2.24, 2.45) is 0 Å². The number of fused-ring (bicyclic) bond motifs is 4. The number of anilines is 2. The van der Waals surface area contributed by atoms with Gasteiger partial charge in [-0.15, -0.1) is 0 Å². The second-order valence-corrected chi connectivity index (χ2v) is 20.0. The van der Waals surface area contributed by atoms with Crippen LogP contribution < -0.4 is 20.4 Å². The van der Waals surface area contributed by atoms with Crippen LogP contribution in [0, 0.1) is 0 Å². The lowest BCUT2D eigenvalue weighted by Crippen LogP contribution is -2.51. The summed E-state index contributed by atoms with van der Waals surface area (Å²) >= 11 is 0. The topological polar surface area (TPSA) is 115 Å². The zero-order valence-electron chi connectivity index (χ0n) is 36.7. The number of likely N-dealkylation sites (tertiary alicyclic amines) is 2. The first-order chi connectivity index (χ1) is 32.3. The van der Waals surface area contributed by atoms with E-state index in [0.717, 1.165) is 87.2 Å². The third-order valence-corrected chi connectivity index (χ3v) is 17.0. The Kier molecular flexibility index (Phi) is 8.19. The summed E-state index contributed by atoms with van der Waals surface area (Å²) in [6, 6.07) is 39.7. The quantitative estimate of drug-likeness (QED) is 0.184. The number of carbonyl (C=O) groups is 4. The molecule has 66 heavy (non-hydrogen) atoms. The molecule has 11 heteroatoms. The van der Waals surface area contributed by atoms with E-state index >= 15 is 0 Å². The highest BCUT2D eigenvalue weighted by molar-refractivity contribution is 6.12. The molecule has 0 radical (unpaired) electrons. The number of hydrogen-bond acceptors (Lipinski definition) is 7. The Morgan fingerprint density at radius 1 is 0.561 bits per heavy atom. The van der Waals surface area contributed by atoms with E-state index < -0.39 is 17.1 Å². The highest BCUT2D eigenvalue weighted by atomic mass is 16.6. The molecular weight excluding hydrogens is 825 g/mol. The number of benzene rings is 6. The minimum absolute atomic E-state index is 0.0224. The molecule has 4 atom stereocenters. The molecular formula is C55H50N6O5. The third kappa shape index (κ3) is 5.21. The first-order valence-corrected chi connectivity index (χ1v) is 24.0. The van der Waals surface area contributed by atoms with Gasteiger partial charge >= 0.3 is 6.09 Å². The maximum atomic E-state index is 14.3. The van der Waals surface area contributed by atoms with Crippen molar-refractivity contribution in [3.63, 3.8) is 0 Å². The van der Waals surface area contributed by atoms with Gasteiger partial charge in [-0.3, -0.25) is 24.2 Å². The fraction of sp³-hybridized carbons (Fsp3) is 0.345. The SMILES string of the molecule is O=C1CC2(CN1)C(=O)N(C1CCN(C3Cc4cccc5c(-c6ccc7cccc8c7c6CC8N6CCC(N7C(=O)C8(CNC(=O)O8)c8ccccc87)CC6)ccc3c45)CC1)c1ccccc12. The van der Waals surface area contributed by atoms with Crippen molar-refractivity contribution in [3.05, 3.63) is 143 Å². The van der Waals surface area contributed by atoms with Crippen LogP contribution in [-0.4, -0.2) is 85.0 Å². The maximum absolute atomic E-state index is 14.3. The van der Waals surface area contributed by atoms with Crippen molar-refractivity contribution < 1.29 is 23.9 Å². The van der Waals surface area contributed by atoms with Crippen LogP contribution in [-0.2, 0) is 43.0 Å². The fourth-order valence-corrected chi connectivity index (χ4v) is 14.0. The number of alkyl carbamates (subject to hydrolysis) is 1. The third-order valence-electron chi connectivity index (χ3n) is 17.0. The summed E-state index contributed by atoms with van der Waals surface area (Å²) in [7, 11) is 0. The van der Waals surface area contributed by atoms with Gasteiger partial charge in [-0.25, -0.2) is 4.79 Å². The minimum atomic E-state index is -1.28. The van der Waals surface area contributed by atoms with Gasteiger partial charge in [-0.2, -0.15) is 0 Å². The molecule has 330 valence electrons. The van der Waals surface area contributed by atoms with Crippen molar-refractivity contribution in [3.8, 4) is 11.1 Å². The number of nitrogens with one attached hydrogen (secondary N) is 2. The number of carbonyl (C=O) groups excluding carboxylic acids is 4. The summed E-state index contributed by atoms with van der Waals surface area (Å²) in [5.74, 6) is -0.0995. The molecule has 4 amide bonds. The highest BCUT2D eigenvalue weighted by Crippen LogP contribution is 2.52. The molecule has 6 heterocycles. The van der Waals surface area contributed by atoms with Gasteiger partial charge in [-0.05, 0) is 111 Å². The highest BCUT2D eigenvalue weighted by Gasteiger charge is 2.59. The van der Waals surface area contributed by atoms with E-state index in [0.29, 0.717) is 6.54 Å². The zero-order chi connectivity index (χ0) is 44.1. The van der Waals surface area contributed by atoms with Crippen molar-refractivity contribution in [2.45, 2.75) is 80.1 Å². The van der Waals surface area contributed by atoms with Gasteiger partial charge in [0.15, 0.2) is 0 Å². The van der Waals surface area contributed by atoms with Gasteiger partial charge in [-0.1, -0.05) is 97.1 Å². The van der Waals surface area contributed by atoms with E-state index in [1.807, 2.05) is 47.4 Å². The summed E-state index contributed by atoms with van der Waals surface area (Å²) in [6.07, 6.45) is 5.07. The number of ether oxygens (including phenoxy) is 1. The summed E-state index contributed by atoms with van der Waals surface area (Å²) in [5.41, 5.74) is 9.80. The van der Waals surface area contributed by atoms with Crippen LogP contribution in [0.25, 0.3) is 32.7 Å². The standard InChI is InChI=1S/C55H50N6O5/c62-48-29-54(30-56-48)42-11-1-3-13-44(42)60(51(54)63)34-19-23-58(24-20-34)46-27-33-8-6-9-38-36(17-18-40(46)50(33)38)37-16-15-32-7-5-10-39-47(28-41(37)49(32)39)59-25-21-35(22-26-59)61-45-14-4-2-12-43(45)55(52(61)64)31-57-53(65)66-55/h1-18,34-35,46-47H,19-31H2,(H,56,62)(H,57,65). The lowest BCUT2D eigenvalue weighted by molar-refractivity contribution is -0.133. The molecule has 4 unspecified atom stereocenters. The molecule has 2 spiro atoms. The van der Waals surface area contributed by atoms with Crippen LogP contribution >= 0.6 is 0 Å². The predicted octanol–water partition coefficient (Wildman–Crippen LogP) is 7.57. The van der Waals surface area contributed by atoms with E-state index in [2.05, 4.69) is 92.1 Å². The van der Waals surface area contributed by atoms with Crippen molar-refractivity contribution in [1.29, 1.82) is 0 Å². The van der Waals surface area contributed by atoms with E-state index in [9.17, 15) is 19.2 Å². The molecule has 6 aromatic rings. The Hall–Kier alpha value is -6.56. The Labute approximate surface area is 382 Å². The number of para-hydroxylation sites is 2. The molecule has 0 bridgehead atoms. The Bertz CT molecular complexity index is 3130. The van der Waals surface area contributed by atoms with Crippen LogP contribution in [0.2, 0.25) is 0 Å². The first-order valence-electron chi connectivity index (χ1n) is 24.0. The van der Waals surface area contributed by atoms with E-state index in [1.165, 1.54) is 54.9 Å². The largest absolute Gasteiger partial charge is 0.426 e. The molecule has 4 saturated heterocycles. The minimum Gasteiger partial charge on any atom is -0.426 e.